The van der Waals surface area contributed by atoms with Crippen LogP contribution in [0.2, 0.25) is 18.1 Å². The number of fused-ring (bicyclic) bond motifs is 1. The second kappa shape index (κ2) is 11.9. The minimum absolute atomic E-state index is 0.192. The van der Waals surface area contributed by atoms with Crippen molar-refractivity contribution in [3.63, 3.8) is 0 Å². The second-order valence-corrected chi connectivity index (χ2v) is 18.1. The number of likely N-dealkylation sites (tertiary alicyclic amines) is 1. The van der Waals surface area contributed by atoms with Gasteiger partial charge in [-0.25, -0.2) is 15.0 Å². The normalized spacial score (nSPS) is 21.1. The number of anilines is 2. The van der Waals surface area contributed by atoms with Gasteiger partial charge in [0.25, 0.3) is 0 Å². The summed E-state index contributed by atoms with van der Waals surface area (Å²) in [4.78, 5) is 16.9. The van der Waals surface area contributed by atoms with E-state index in [1.807, 2.05) is 6.20 Å². The SMILES string of the molecule is CCc1nc2c(N)ncc(-c3cnn(C4CCN(CCO[Si](C)(C)C(C)(C)C)CC4)c3)c2nc1N[C@@H]1CC[C@H](O)C1. The number of aliphatic hydroxyl groups is 1. The van der Waals surface area contributed by atoms with Crippen molar-refractivity contribution in [1.29, 1.82) is 0 Å². The lowest BCUT2D eigenvalue weighted by Crippen LogP contribution is -2.44. The number of nitrogens with two attached hydrogens (primary N) is 1. The average molecular weight is 581 g/mol. The Morgan fingerprint density at radius 3 is 2.51 bits per heavy atom. The number of nitrogen functional groups attached to an aromatic ring is 1. The fourth-order valence-electron chi connectivity index (χ4n) is 5.68. The van der Waals surface area contributed by atoms with E-state index in [1.54, 1.807) is 6.20 Å². The van der Waals surface area contributed by atoms with E-state index in [0.29, 0.717) is 17.4 Å². The first-order valence-electron chi connectivity index (χ1n) is 15.3. The zero-order chi connectivity index (χ0) is 29.4. The average Bonchev–Trinajstić information content (AvgIpc) is 3.57. The summed E-state index contributed by atoms with van der Waals surface area (Å²) in [5.74, 6) is 1.15. The summed E-state index contributed by atoms with van der Waals surface area (Å²) in [6, 6.07) is 0.551. The van der Waals surface area contributed by atoms with Crippen LogP contribution in [0, 0.1) is 0 Å². The highest BCUT2D eigenvalue weighted by Gasteiger charge is 2.37. The van der Waals surface area contributed by atoms with Crippen molar-refractivity contribution < 1.29 is 9.53 Å². The van der Waals surface area contributed by atoms with E-state index in [2.05, 4.69) is 66.9 Å². The van der Waals surface area contributed by atoms with E-state index in [9.17, 15) is 5.11 Å². The van der Waals surface area contributed by atoms with E-state index in [1.165, 1.54) is 0 Å². The van der Waals surface area contributed by atoms with Crippen LogP contribution in [0.5, 0.6) is 0 Å². The maximum atomic E-state index is 10.0. The Bertz CT molecular complexity index is 1350. The molecule has 0 aromatic carbocycles. The Labute approximate surface area is 245 Å². The van der Waals surface area contributed by atoms with Gasteiger partial charge in [0.1, 0.15) is 16.9 Å². The molecule has 0 bridgehead atoms. The van der Waals surface area contributed by atoms with E-state index in [0.717, 1.165) is 92.9 Å². The van der Waals surface area contributed by atoms with Crippen LogP contribution in [-0.2, 0) is 10.8 Å². The summed E-state index contributed by atoms with van der Waals surface area (Å²) < 4.78 is 8.51. The van der Waals surface area contributed by atoms with Crippen molar-refractivity contribution in [2.75, 3.05) is 37.3 Å². The summed E-state index contributed by atoms with van der Waals surface area (Å²) >= 11 is 0. The van der Waals surface area contributed by atoms with Crippen LogP contribution in [0.15, 0.2) is 18.6 Å². The third-order valence-corrected chi connectivity index (χ3v) is 13.9. The highest BCUT2D eigenvalue weighted by Crippen LogP contribution is 2.37. The predicted molar refractivity (Wildman–Crippen MR) is 167 cm³/mol. The molecule has 1 saturated carbocycles. The summed E-state index contributed by atoms with van der Waals surface area (Å²) in [6.45, 7) is 17.5. The van der Waals surface area contributed by atoms with Gasteiger partial charge in [-0.3, -0.25) is 4.68 Å². The van der Waals surface area contributed by atoms with Gasteiger partial charge in [-0.1, -0.05) is 27.7 Å². The number of nitrogens with zero attached hydrogens (tertiary/aromatic N) is 6. The molecule has 2 fully saturated rings. The van der Waals surface area contributed by atoms with Crippen LogP contribution in [0.1, 0.15) is 71.5 Å². The number of rotatable bonds is 9. The molecule has 10 nitrogen and oxygen atoms in total. The molecule has 0 spiro atoms. The molecule has 1 aliphatic carbocycles. The van der Waals surface area contributed by atoms with Gasteiger partial charge in [-0.15, -0.1) is 0 Å². The van der Waals surface area contributed by atoms with Crippen LogP contribution in [0.3, 0.4) is 0 Å². The Balaban J connectivity index is 1.28. The van der Waals surface area contributed by atoms with Crippen molar-refractivity contribution in [3.8, 4) is 11.1 Å². The van der Waals surface area contributed by atoms with Gasteiger partial charge in [0, 0.05) is 55.8 Å². The third kappa shape index (κ3) is 6.58. The van der Waals surface area contributed by atoms with Crippen LogP contribution in [0.4, 0.5) is 11.6 Å². The molecule has 1 aliphatic heterocycles. The van der Waals surface area contributed by atoms with E-state index in [4.69, 9.17) is 25.2 Å². The number of pyridine rings is 1. The van der Waals surface area contributed by atoms with Gasteiger partial charge >= 0.3 is 0 Å². The minimum Gasteiger partial charge on any atom is -0.416 e. The largest absolute Gasteiger partial charge is 0.416 e. The molecule has 4 N–H and O–H groups in total. The lowest BCUT2D eigenvalue weighted by molar-refractivity contribution is 0.148. The number of hydrogen-bond acceptors (Lipinski definition) is 9. The van der Waals surface area contributed by atoms with Crippen molar-refractivity contribution in [2.45, 2.75) is 103 Å². The van der Waals surface area contributed by atoms with Crippen LogP contribution < -0.4 is 11.1 Å². The summed E-state index contributed by atoms with van der Waals surface area (Å²) in [5, 5.41) is 18.6. The predicted octanol–water partition coefficient (Wildman–Crippen LogP) is 5.02. The van der Waals surface area contributed by atoms with Gasteiger partial charge in [0.2, 0.25) is 0 Å². The molecule has 5 rings (SSSR count). The quantitative estimate of drug-likeness (QED) is 0.299. The number of aromatic nitrogens is 5. The molecule has 2 atom stereocenters. The number of aryl methyl sites for hydroxylation is 1. The first-order valence-corrected chi connectivity index (χ1v) is 18.2. The van der Waals surface area contributed by atoms with Crippen LogP contribution in [-0.4, -0.2) is 81.4 Å². The molecule has 41 heavy (non-hydrogen) atoms. The van der Waals surface area contributed by atoms with Gasteiger partial charge in [-0.05, 0) is 56.7 Å². The van der Waals surface area contributed by atoms with Crippen LogP contribution in [0.25, 0.3) is 22.2 Å². The first kappa shape index (κ1) is 29.9. The topological polar surface area (TPSA) is 127 Å². The fourth-order valence-corrected chi connectivity index (χ4v) is 6.71. The standard InChI is InChI=1S/C30H48N8O2Si/c1-7-25-29(34-21-8-9-23(39)16-21)36-26-24(18-32-28(31)27(26)35-25)20-17-33-38(19-20)22-10-12-37(13-11-22)14-15-40-41(5,6)30(2,3)4/h17-19,21-23,39H,7-16H2,1-6H3,(H2,31,32)(H,34,36)/t21-,23+/m1/s1. The molecule has 1 saturated heterocycles. The van der Waals surface area contributed by atoms with Crippen LogP contribution >= 0.6 is 0 Å². The monoisotopic (exact) mass is 580 g/mol. The number of nitrogens with one attached hydrogen (secondary N) is 1. The first-order chi connectivity index (χ1) is 19.4. The molecule has 224 valence electrons. The summed E-state index contributed by atoms with van der Waals surface area (Å²) in [6.07, 6.45) is 10.8. The van der Waals surface area contributed by atoms with Gasteiger partial charge < -0.3 is 25.5 Å². The Morgan fingerprint density at radius 2 is 1.85 bits per heavy atom. The molecule has 0 unspecified atom stereocenters. The fraction of sp³-hybridized carbons (Fsp3) is 0.667. The molecule has 3 aromatic heterocycles. The third-order valence-electron chi connectivity index (χ3n) is 9.40. The maximum Gasteiger partial charge on any atom is 0.192 e. The lowest BCUT2D eigenvalue weighted by atomic mass is 10.1. The Hall–Kier alpha value is -2.60. The van der Waals surface area contributed by atoms with Crippen molar-refractivity contribution in [1.82, 2.24) is 29.6 Å². The van der Waals surface area contributed by atoms with E-state index in [-0.39, 0.29) is 17.2 Å². The zero-order valence-electron chi connectivity index (χ0n) is 25.7. The van der Waals surface area contributed by atoms with Gasteiger partial charge in [-0.2, -0.15) is 5.10 Å². The highest BCUT2D eigenvalue weighted by atomic mass is 28.4. The molecular formula is C30H48N8O2Si. The zero-order valence-corrected chi connectivity index (χ0v) is 26.7. The van der Waals surface area contributed by atoms with E-state index < -0.39 is 8.32 Å². The Kier molecular flexibility index (Phi) is 8.70. The summed E-state index contributed by atoms with van der Waals surface area (Å²) in [5.41, 5.74) is 10.3. The highest BCUT2D eigenvalue weighted by molar-refractivity contribution is 6.74. The minimum atomic E-state index is -1.71. The van der Waals surface area contributed by atoms with Crippen molar-refractivity contribution >= 4 is 31.0 Å². The van der Waals surface area contributed by atoms with Gasteiger partial charge in [0.15, 0.2) is 14.1 Å². The van der Waals surface area contributed by atoms with Gasteiger partial charge in [0.05, 0.1) is 24.0 Å². The van der Waals surface area contributed by atoms with Crippen molar-refractivity contribution in [3.05, 3.63) is 24.3 Å². The smallest absolute Gasteiger partial charge is 0.192 e. The molecule has 2 aliphatic rings. The number of hydrogen-bond donors (Lipinski definition) is 3. The number of aliphatic hydroxyl groups excluding tert-OH is 1. The molecule has 4 heterocycles. The second-order valence-electron chi connectivity index (χ2n) is 13.3. The molecular weight excluding hydrogens is 532 g/mol. The Morgan fingerprint density at radius 1 is 1.10 bits per heavy atom. The molecule has 11 heteroatoms. The maximum absolute atomic E-state index is 10.0. The molecule has 0 amide bonds. The summed E-state index contributed by atoms with van der Waals surface area (Å²) in [7, 11) is -1.71. The van der Waals surface area contributed by atoms with E-state index >= 15 is 0 Å². The molecule has 3 aromatic rings. The lowest BCUT2D eigenvalue weighted by Gasteiger charge is -2.37. The molecule has 0 radical (unpaired) electrons. The number of piperidine rings is 1. The van der Waals surface area contributed by atoms with Crippen molar-refractivity contribution in [2.24, 2.45) is 0 Å².